The Labute approximate surface area is 134 Å². The molecule has 3 rings (SSSR count). The number of aromatic nitrogens is 1. The van der Waals surface area contributed by atoms with Crippen molar-refractivity contribution in [1.82, 2.24) is 15.4 Å². The number of hydrogen-bond donors (Lipinski definition) is 1. The van der Waals surface area contributed by atoms with Crippen LogP contribution < -0.4 is 5.32 Å². The smallest absolute Gasteiger partial charge is 0.273 e. The van der Waals surface area contributed by atoms with Gasteiger partial charge in [0, 0.05) is 30.8 Å². The second-order valence-corrected chi connectivity index (χ2v) is 5.75. The molecule has 0 radical (unpaired) electrons. The minimum atomic E-state index is -0.263. The maximum absolute atomic E-state index is 12.5. The standard InChI is InChI=1S/C17H19N3O3/c1-12-10-15(19-23-12)16(21)18-14-8-5-9-20(11-14)17(22)13-6-3-2-4-7-13/h2-4,6-7,10,14H,5,8-9,11H2,1H3,(H,18,21)/t14-/m0/s1. The maximum Gasteiger partial charge on any atom is 0.273 e. The van der Waals surface area contributed by atoms with E-state index >= 15 is 0 Å². The fraction of sp³-hybridized carbons (Fsp3) is 0.353. The number of hydrogen-bond acceptors (Lipinski definition) is 4. The summed E-state index contributed by atoms with van der Waals surface area (Å²) in [5, 5.41) is 6.64. The average Bonchev–Trinajstić information content (AvgIpc) is 3.02. The number of amides is 2. The number of carbonyl (C=O) groups is 2. The lowest BCUT2D eigenvalue weighted by Crippen LogP contribution is -2.49. The third-order valence-corrected chi connectivity index (χ3v) is 3.93. The van der Waals surface area contributed by atoms with Crippen molar-refractivity contribution in [2.24, 2.45) is 0 Å². The van der Waals surface area contributed by atoms with Gasteiger partial charge in [0.05, 0.1) is 0 Å². The zero-order valence-electron chi connectivity index (χ0n) is 13.0. The maximum atomic E-state index is 12.5. The predicted octanol–water partition coefficient (Wildman–Crippen LogP) is 2.02. The summed E-state index contributed by atoms with van der Waals surface area (Å²) in [6.45, 7) is 2.96. The Morgan fingerprint density at radius 2 is 2.09 bits per heavy atom. The van der Waals surface area contributed by atoms with Crippen LogP contribution in [0.4, 0.5) is 0 Å². The monoisotopic (exact) mass is 313 g/mol. The van der Waals surface area contributed by atoms with Gasteiger partial charge < -0.3 is 14.7 Å². The number of carbonyl (C=O) groups excluding carboxylic acids is 2. The zero-order chi connectivity index (χ0) is 16.2. The van der Waals surface area contributed by atoms with Crippen molar-refractivity contribution in [1.29, 1.82) is 0 Å². The first kappa shape index (κ1) is 15.3. The summed E-state index contributed by atoms with van der Waals surface area (Å²) in [5.41, 5.74) is 0.945. The van der Waals surface area contributed by atoms with E-state index in [0.717, 1.165) is 12.8 Å². The van der Waals surface area contributed by atoms with E-state index in [9.17, 15) is 9.59 Å². The third kappa shape index (κ3) is 3.59. The van der Waals surface area contributed by atoms with Crippen LogP contribution in [0.15, 0.2) is 40.9 Å². The van der Waals surface area contributed by atoms with Crippen molar-refractivity contribution in [2.45, 2.75) is 25.8 Å². The number of nitrogens with one attached hydrogen (secondary N) is 1. The Hall–Kier alpha value is -2.63. The molecule has 0 spiro atoms. The highest BCUT2D eigenvalue weighted by Gasteiger charge is 2.26. The van der Waals surface area contributed by atoms with E-state index in [4.69, 9.17) is 4.52 Å². The van der Waals surface area contributed by atoms with E-state index in [1.807, 2.05) is 30.3 Å². The largest absolute Gasteiger partial charge is 0.361 e. The molecule has 1 atom stereocenters. The van der Waals surface area contributed by atoms with E-state index in [1.165, 1.54) is 0 Å². The molecule has 1 fully saturated rings. The molecular formula is C17H19N3O3. The minimum absolute atomic E-state index is 0.00169. The van der Waals surface area contributed by atoms with Gasteiger partial charge in [-0.3, -0.25) is 9.59 Å². The Bertz CT molecular complexity index is 696. The topological polar surface area (TPSA) is 75.4 Å². The van der Waals surface area contributed by atoms with E-state index in [0.29, 0.717) is 24.4 Å². The van der Waals surface area contributed by atoms with Gasteiger partial charge >= 0.3 is 0 Å². The molecule has 1 aliphatic heterocycles. The molecule has 6 nitrogen and oxygen atoms in total. The Balaban J connectivity index is 1.62. The third-order valence-electron chi connectivity index (χ3n) is 3.93. The molecule has 0 aliphatic carbocycles. The van der Waals surface area contributed by atoms with Crippen molar-refractivity contribution in [2.75, 3.05) is 13.1 Å². The Morgan fingerprint density at radius 3 is 2.78 bits per heavy atom. The van der Waals surface area contributed by atoms with Crippen LogP contribution in [0.5, 0.6) is 0 Å². The van der Waals surface area contributed by atoms with Crippen LogP contribution in [0.1, 0.15) is 39.4 Å². The van der Waals surface area contributed by atoms with Crippen LogP contribution >= 0.6 is 0 Å². The van der Waals surface area contributed by atoms with Gasteiger partial charge in [-0.1, -0.05) is 23.4 Å². The van der Waals surface area contributed by atoms with Gasteiger partial charge in [-0.25, -0.2) is 0 Å². The number of rotatable bonds is 3. The van der Waals surface area contributed by atoms with E-state index < -0.39 is 0 Å². The summed E-state index contributed by atoms with van der Waals surface area (Å²) in [6, 6.07) is 10.7. The molecule has 0 saturated carbocycles. The van der Waals surface area contributed by atoms with Gasteiger partial charge in [0.25, 0.3) is 11.8 Å². The Morgan fingerprint density at radius 1 is 1.30 bits per heavy atom. The molecule has 1 aromatic carbocycles. The normalized spacial score (nSPS) is 17.8. The summed E-state index contributed by atoms with van der Waals surface area (Å²) >= 11 is 0. The zero-order valence-corrected chi connectivity index (χ0v) is 13.0. The van der Waals surface area contributed by atoms with Crippen molar-refractivity contribution in [3.8, 4) is 0 Å². The quantitative estimate of drug-likeness (QED) is 0.940. The summed E-state index contributed by atoms with van der Waals surface area (Å²) in [4.78, 5) is 26.4. The number of benzene rings is 1. The molecule has 2 aromatic rings. The number of piperidine rings is 1. The van der Waals surface area contributed by atoms with E-state index in [1.54, 1.807) is 17.9 Å². The molecule has 6 heteroatoms. The molecule has 1 aliphatic rings. The Kier molecular flexibility index (Phi) is 4.41. The van der Waals surface area contributed by atoms with E-state index in [2.05, 4.69) is 10.5 Å². The molecule has 0 unspecified atom stereocenters. The van der Waals surface area contributed by atoms with E-state index in [-0.39, 0.29) is 23.6 Å². The highest BCUT2D eigenvalue weighted by Crippen LogP contribution is 2.14. The van der Waals surface area contributed by atoms with Gasteiger partial charge in [-0.2, -0.15) is 0 Å². The van der Waals surface area contributed by atoms with Crippen molar-refractivity contribution in [3.63, 3.8) is 0 Å². The fourth-order valence-electron chi connectivity index (χ4n) is 2.78. The molecule has 1 N–H and O–H groups in total. The lowest BCUT2D eigenvalue weighted by atomic mass is 10.0. The molecule has 23 heavy (non-hydrogen) atoms. The summed E-state index contributed by atoms with van der Waals surface area (Å²) in [6.07, 6.45) is 1.71. The highest BCUT2D eigenvalue weighted by atomic mass is 16.5. The minimum Gasteiger partial charge on any atom is -0.361 e. The van der Waals surface area contributed by atoms with Gasteiger partial charge in [0.2, 0.25) is 0 Å². The van der Waals surface area contributed by atoms with Gasteiger partial charge in [-0.05, 0) is 31.9 Å². The van der Waals surface area contributed by atoms with Crippen LogP contribution in [0.2, 0.25) is 0 Å². The fourth-order valence-corrected chi connectivity index (χ4v) is 2.78. The number of likely N-dealkylation sites (tertiary alicyclic amines) is 1. The lowest BCUT2D eigenvalue weighted by molar-refractivity contribution is 0.0674. The molecular weight excluding hydrogens is 294 g/mol. The molecule has 120 valence electrons. The summed E-state index contributed by atoms with van der Waals surface area (Å²) in [5.74, 6) is 0.336. The van der Waals surface area contributed by atoms with Crippen LogP contribution in [-0.2, 0) is 0 Å². The van der Waals surface area contributed by atoms with Crippen LogP contribution in [0.3, 0.4) is 0 Å². The molecule has 1 saturated heterocycles. The molecule has 2 amide bonds. The number of aryl methyl sites for hydroxylation is 1. The highest BCUT2D eigenvalue weighted by molar-refractivity contribution is 5.94. The number of nitrogens with zero attached hydrogens (tertiary/aromatic N) is 2. The van der Waals surface area contributed by atoms with Gasteiger partial charge in [-0.15, -0.1) is 0 Å². The van der Waals surface area contributed by atoms with Crippen LogP contribution in [0.25, 0.3) is 0 Å². The molecule has 1 aromatic heterocycles. The average molecular weight is 313 g/mol. The van der Waals surface area contributed by atoms with Crippen LogP contribution in [0, 0.1) is 6.92 Å². The molecule has 2 heterocycles. The second kappa shape index (κ2) is 6.64. The summed E-state index contributed by atoms with van der Waals surface area (Å²) in [7, 11) is 0. The molecule has 0 bridgehead atoms. The van der Waals surface area contributed by atoms with Gasteiger partial charge in [0.15, 0.2) is 5.69 Å². The first-order valence-electron chi connectivity index (χ1n) is 7.72. The van der Waals surface area contributed by atoms with Crippen LogP contribution in [-0.4, -0.2) is 41.0 Å². The van der Waals surface area contributed by atoms with Crippen molar-refractivity contribution < 1.29 is 14.1 Å². The first-order chi connectivity index (χ1) is 11.1. The first-order valence-corrected chi connectivity index (χ1v) is 7.72. The van der Waals surface area contributed by atoms with Crippen molar-refractivity contribution in [3.05, 3.63) is 53.4 Å². The van der Waals surface area contributed by atoms with Crippen molar-refractivity contribution >= 4 is 11.8 Å². The SMILES string of the molecule is Cc1cc(C(=O)N[C@H]2CCCN(C(=O)c3ccccc3)C2)no1. The lowest BCUT2D eigenvalue weighted by Gasteiger charge is -2.33. The van der Waals surface area contributed by atoms with Gasteiger partial charge in [0.1, 0.15) is 5.76 Å². The summed E-state index contributed by atoms with van der Waals surface area (Å²) < 4.78 is 4.92. The predicted molar refractivity (Wildman–Crippen MR) is 84.1 cm³/mol. The second-order valence-electron chi connectivity index (χ2n) is 5.75.